The zero-order valence-electron chi connectivity index (χ0n) is 13.4. The maximum atomic E-state index is 6.12. The van der Waals surface area contributed by atoms with Crippen molar-refractivity contribution in [3.63, 3.8) is 0 Å². The van der Waals surface area contributed by atoms with Gasteiger partial charge in [-0.3, -0.25) is 0 Å². The molecule has 4 rings (SSSR count). The van der Waals surface area contributed by atoms with Crippen molar-refractivity contribution in [1.29, 1.82) is 0 Å². The predicted molar refractivity (Wildman–Crippen MR) is 90.4 cm³/mol. The summed E-state index contributed by atoms with van der Waals surface area (Å²) in [6.45, 7) is 1.90. The molecular weight excluding hydrogens is 294 g/mol. The van der Waals surface area contributed by atoms with E-state index in [0.717, 1.165) is 30.2 Å². The van der Waals surface area contributed by atoms with Crippen LogP contribution in [-0.4, -0.2) is 37.2 Å². The minimum absolute atomic E-state index is 0.628. The van der Waals surface area contributed by atoms with Crippen molar-refractivity contribution in [2.45, 2.75) is 50.1 Å². The van der Waals surface area contributed by atoms with Gasteiger partial charge in [-0.2, -0.15) is 0 Å². The second kappa shape index (κ2) is 6.14. The molecule has 2 nitrogen and oxygen atoms in total. The fourth-order valence-corrected chi connectivity index (χ4v) is 4.68. The molecule has 3 aliphatic rings. The summed E-state index contributed by atoms with van der Waals surface area (Å²) in [6.07, 6.45) is 6.70. The smallest absolute Gasteiger partial charge is 0.0515 e. The highest BCUT2D eigenvalue weighted by molar-refractivity contribution is 6.30. The Morgan fingerprint density at radius 1 is 1.09 bits per heavy atom. The highest BCUT2D eigenvalue weighted by Gasteiger charge is 2.45. The maximum absolute atomic E-state index is 6.12. The van der Waals surface area contributed by atoms with Crippen molar-refractivity contribution in [1.82, 2.24) is 4.90 Å². The van der Waals surface area contributed by atoms with Gasteiger partial charge in [-0.15, -0.1) is 0 Å². The monoisotopic (exact) mass is 319 g/mol. The molecule has 0 radical (unpaired) electrons. The lowest BCUT2D eigenvalue weighted by atomic mass is 9.76. The molecule has 0 unspecified atom stereocenters. The summed E-state index contributed by atoms with van der Waals surface area (Å²) in [4.78, 5) is 2.62. The summed E-state index contributed by atoms with van der Waals surface area (Å²) in [5.74, 6) is 2.11. The summed E-state index contributed by atoms with van der Waals surface area (Å²) in [5, 5.41) is 0.834. The zero-order valence-corrected chi connectivity index (χ0v) is 14.1. The molecule has 1 saturated carbocycles. The fraction of sp³-hybridized carbons (Fsp3) is 0.684. The van der Waals surface area contributed by atoms with Crippen LogP contribution < -0.4 is 0 Å². The maximum Gasteiger partial charge on any atom is 0.0515 e. The van der Waals surface area contributed by atoms with E-state index in [4.69, 9.17) is 16.3 Å². The van der Waals surface area contributed by atoms with E-state index in [1.165, 1.54) is 37.7 Å². The molecule has 1 aliphatic carbocycles. The quantitative estimate of drug-likeness (QED) is 0.801. The molecule has 3 heteroatoms. The number of benzene rings is 1. The van der Waals surface area contributed by atoms with Crippen molar-refractivity contribution >= 4 is 11.6 Å². The Morgan fingerprint density at radius 3 is 2.59 bits per heavy atom. The minimum Gasteiger partial charge on any atom is -0.381 e. The third-order valence-corrected chi connectivity index (χ3v) is 6.34. The Labute approximate surface area is 138 Å². The normalized spacial score (nSPS) is 35.0. The number of halogens is 1. The van der Waals surface area contributed by atoms with E-state index < -0.39 is 0 Å². The van der Waals surface area contributed by atoms with E-state index in [0.29, 0.717) is 17.9 Å². The molecule has 22 heavy (non-hydrogen) atoms. The number of nitrogens with zero attached hydrogens (tertiary/aromatic N) is 1. The van der Waals surface area contributed by atoms with E-state index in [1.54, 1.807) is 0 Å². The molecule has 0 amide bonds. The first-order chi connectivity index (χ1) is 10.7. The third-order valence-electron chi connectivity index (χ3n) is 6.09. The second-order valence-corrected chi connectivity index (χ2v) is 7.94. The fourth-order valence-electron chi connectivity index (χ4n) is 4.55. The molecule has 3 fully saturated rings. The van der Waals surface area contributed by atoms with Gasteiger partial charge in [0.1, 0.15) is 0 Å². The zero-order chi connectivity index (χ0) is 15.1. The van der Waals surface area contributed by atoms with Gasteiger partial charge in [0.05, 0.1) is 6.61 Å². The topological polar surface area (TPSA) is 12.5 Å². The SMILES string of the molecule is CN1[C@@H]2CC[C@@H]1[C@@H](COCC1CC1)[C@H](c1ccc(Cl)cc1)C2. The van der Waals surface area contributed by atoms with Crippen LogP contribution in [-0.2, 0) is 4.74 Å². The van der Waals surface area contributed by atoms with Crippen molar-refractivity contribution in [3.8, 4) is 0 Å². The van der Waals surface area contributed by atoms with Crippen LogP contribution in [0.25, 0.3) is 0 Å². The summed E-state index contributed by atoms with van der Waals surface area (Å²) < 4.78 is 6.12. The van der Waals surface area contributed by atoms with Gasteiger partial charge in [-0.05, 0) is 68.7 Å². The molecule has 1 aromatic rings. The molecule has 0 N–H and O–H groups in total. The second-order valence-electron chi connectivity index (χ2n) is 7.50. The van der Waals surface area contributed by atoms with E-state index >= 15 is 0 Å². The van der Waals surface area contributed by atoms with Crippen molar-refractivity contribution in [2.24, 2.45) is 11.8 Å². The molecule has 2 saturated heterocycles. The van der Waals surface area contributed by atoms with Gasteiger partial charge in [-0.1, -0.05) is 23.7 Å². The van der Waals surface area contributed by atoms with Gasteiger partial charge in [0.2, 0.25) is 0 Å². The Bertz CT molecular complexity index is 513. The van der Waals surface area contributed by atoms with Gasteiger partial charge < -0.3 is 9.64 Å². The lowest BCUT2D eigenvalue weighted by Gasteiger charge is -2.43. The molecule has 1 aromatic carbocycles. The first kappa shape index (κ1) is 15.0. The Morgan fingerprint density at radius 2 is 1.86 bits per heavy atom. The van der Waals surface area contributed by atoms with Gasteiger partial charge in [0.15, 0.2) is 0 Å². The first-order valence-corrected chi connectivity index (χ1v) is 9.15. The number of hydrogen-bond acceptors (Lipinski definition) is 2. The van der Waals surface area contributed by atoms with E-state index in [-0.39, 0.29) is 0 Å². The number of piperidine rings is 1. The summed E-state index contributed by atoms with van der Waals surface area (Å²) in [6, 6.07) is 9.99. The molecule has 2 bridgehead atoms. The van der Waals surface area contributed by atoms with Crippen LogP contribution >= 0.6 is 11.6 Å². The number of ether oxygens (including phenoxy) is 1. The van der Waals surface area contributed by atoms with Gasteiger partial charge >= 0.3 is 0 Å². The summed E-state index contributed by atoms with van der Waals surface area (Å²) >= 11 is 6.07. The number of rotatable bonds is 5. The molecule has 0 spiro atoms. The van der Waals surface area contributed by atoms with E-state index in [9.17, 15) is 0 Å². The lowest BCUT2D eigenvalue weighted by Crippen LogP contribution is -2.47. The third kappa shape index (κ3) is 2.93. The van der Waals surface area contributed by atoms with Crippen LogP contribution in [0.1, 0.15) is 43.6 Å². The number of hydrogen-bond donors (Lipinski definition) is 0. The average molecular weight is 320 g/mol. The molecule has 2 aliphatic heterocycles. The van der Waals surface area contributed by atoms with Crippen LogP contribution in [0.2, 0.25) is 5.02 Å². The van der Waals surface area contributed by atoms with Gasteiger partial charge in [0, 0.05) is 29.6 Å². The largest absolute Gasteiger partial charge is 0.381 e. The summed E-state index contributed by atoms with van der Waals surface area (Å²) in [5.41, 5.74) is 1.45. The molecule has 2 heterocycles. The molecular formula is C19H26ClNO. The number of fused-ring (bicyclic) bond motifs is 2. The molecule has 120 valence electrons. The Hall–Kier alpha value is -0.570. The Kier molecular flexibility index (Phi) is 4.19. The molecule has 0 aromatic heterocycles. The highest BCUT2D eigenvalue weighted by atomic mass is 35.5. The minimum atomic E-state index is 0.628. The summed E-state index contributed by atoms with van der Waals surface area (Å²) in [7, 11) is 2.31. The molecule has 4 atom stereocenters. The van der Waals surface area contributed by atoms with Crippen molar-refractivity contribution in [3.05, 3.63) is 34.9 Å². The van der Waals surface area contributed by atoms with Crippen molar-refractivity contribution in [2.75, 3.05) is 20.3 Å². The van der Waals surface area contributed by atoms with E-state index in [1.807, 2.05) is 12.1 Å². The highest BCUT2D eigenvalue weighted by Crippen LogP contribution is 2.46. The lowest BCUT2D eigenvalue weighted by molar-refractivity contribution is 0.0176. The van der Waals surface area contributed by atoms with Gasteiger partial charge in [0.25, 0.3) is 0 Å². The van der Waals surface area contributed by atoms with Gasteiger partial charge in [-0.25, -0.2) is 0 Å². The first-order valence-electron chi connectivity index (χ1n) is 8.77. The van der Waals surface area contributed by atoms with E-state index in [2.05, 4.69) is 24.1 Å². The van der Waals surface area contributed by atoms with Crippen LogP contribution in [0.15, 0.2) is 24.3 Å². The average Bonchev–Trinajstić information content (AvgIpc) is 3.29. The van der Waals surface area contributed by atoms with Crippen LogP contribution in [0.4, 0.5) is 0 Å². The van der Waals surface area contributed by atoms with Crippen LogP contribution in [0.5, 0.6) is 0 Å². The Balaban J connectivity index is 1.52. The standard InChI is InChI=1S/C19H26ClNO/c1-21-16-8-9-19(21)18(12-22-11-13-2-3-13)17(10-16)14-4-6-15(20)7-5-14/h4-7,13,16-19H,2-3,8-12H2,1H3/t16-,17+,18+,19-/m1/s1. The van der Waals surface area contributed by atoms with Crippen LogP contribution in [0, 0.1) is 11.8 Å². The van der Waals surface area contributed by atoms with Crippen molar-refractivity contribution < 1.29 is 4.74 Å². The van der Waals surface area contributed by atoms with Crippen LogP contribution in [0.3, 0.4) is 0 Å². The predicted octanol–water partition coefficient (Wildman–Crippen LogP) is 4.33.